The van der Waals surface area contributed by atoms with Crippen LogP contribution >= 0.6 is 27.5 Å². The minimum absolute atomic E-state index is 0.789. The Balaban J connectivity index is 1.56. The molecule has 122 valence electrons. The van der Waals surface area contributed by atoms with Gasteiger partial charge in [0.25, 0.3) is 0 Å². The molecule has 1 fully saturated rings. The molecule has 2 aromatic carbocycles. The van der Waals surface area contributed by atoms with E-state index in [-0.39, 0.29) is 0 Å². The summed E-state index contributed by atoms with van der Waals surface area (Å²) >= 11 is 9.51. The van der Waals surface area contributed by atoms with Crippen LogP contribution in [0.15, 0.2) is 46.9 Å². The second kappa shape index (κ2) is 7.56. The largest absolute Gasteiger partial charge is 0.496 e. The molecule has 0 radical (unpaired) electrons. The summed E-state index contributed by atoms with van der Waals surface area (Å²) in [4.78, 5) is 4.90. The van der Waals surface area contributed by atoms with Crippen LogP contribution in [0.25, 0.3) is 0 Å². The summed E-state index contributed by atoms with van der Waals surface area (Å²) in [6.07, 6.45) is 0. The lowest BCUT2D eigenvalue weighted by Crippen LogP contribution is -2.45. The van der Waals surface area contributed by atoms with Crippen molar-refractivity contribution in [3.63, 3.8) is 0 Å². The number of benzene rings is 2. The van der Waals surface area contributed by atoms with Gasteiger partial charge in [0.15, 0.2) is 0 Å². The first kappa shape index (κ1) is 16.6. The molecule has 0 aromatic heterocycles. The predicted octanol–water partition coefficient (Wildman–Crippen LogP) is 4.43. The maximum Gasteiger partial charge on any atom is 0.133 e. The zero-order chi connectivity index (χ0) is 16.2. The van der Waals surface area contributed by atoms with Crippen LogP contribution in [0.1, 0.15) is 5.56 Å². The molecule has 2 aromatic rings. The first-order valence-electron chi connectivity index (χ1n) is 7.71. The normalized spacial score (nSPS) is 15.7. The van der Waals surface area contributed by atoms with E-state index in [2.05, 4.69) is 50.0 Å². The van der Waals surface area contributed by atoms with E-state index >= 15 is 0 Å². The Morgan fingerprint density at radius 3 is 2.35 bits per heavy atom. The van der Waals surface area contributed by atoms with Gasteiger partial charge in [0, 0.05) is 43.4 Å². The van der Waals surface area contributed by atoms with Crippen molar-refractivity contribution in [2.24, 2.45) is 0 Å². The third kappa shape index (κ3) is 4.19. The van der Waals surface area contributed by atoms with Crippen LogP contribution in [0.2, 0.25) is 5.02 Å². The maximum absolute atomic E-state index is 5.96. The van der Waals surface area contributed by atoms with E-state index in [1.165, 1.54) is 11.3 Å². The first-order valence-corrected chi connectivity index (χ1v) is 8.88. The second-order valence-corrected chi connectivity index (χ2v) is 7.00. The number of piperazine rings is 1. The lowest BCUT2D eigenvalue weighted by atomic mass is 10.2. The smallest absolute Gasteiger partial charge is 0.133 e. The highest BCUT2D eigenvalue weighted by molar-refractivity contribution is 9.10. The van der Waals surface area contributed by atoms with Crippen LogP contribution in [0.4, 0.5) is 5.69 Å². The maximum atomic E-state index is 5.96. The van der Waals surface area contributed by atoms with Crippen LogP contribution in [0.3, 0.4) is 0 Å². The summed E-state index contributed by atoms with van der Waals surface area (Å²) in [6, 6.07) is 14.4. The quantitative estimate of drug-likeness (QED) is 0.761. The van der Waals surface area contributed by atoms with Crippen molar-refractivity contribution in [1.29, 1.82) is 0 Å². The van der Waals surface area contributed by atoms with Gasteiger partial charge in [0.05, 0.1) is 11.6 Å². The highest BCUT2D eigenvalue weighted by atomic mass is 79.9. The van der Waals surface area contributed by atoms with Gasteiger partial charge >= 0.3 is 0 Å². The third-order valence-corrected chi connectivity index (χ3v) is 5.06. The lowest BCUT2D eigenvalue weighted by molar-refractivity contribution is 0.249. The third-order valence-electron chi connectivity index (χ3n) is 4.19. The average molecular weight is 396 g/mol. The average Bonchev–Trinajstić information content (AvgIpc) is 2.57. The van der Waals surface area contributed by atoms with E-state index in [4.69, 9.17) is 16.3 Å². The second-order valence-electron chi connectivity index (χ2n) is 5.71. The van der Waals surface area contributed by atoms with Crippen LogP contribution in [-0.4, -0.2) is 38.2 Å². The number of hydrogen-bond acceptors (Lipinski definition) is 3. The zero-order valence-corrected chi connectivity index (χ0v) is 15.5. The molecule has 1 heterocycles. The van der Waals surface area contributed by atoms with Gasteiger partial charge in [-0.05, 0) is 57.9 Å². The van der Waals surface area contributed by atoms with Crippen molar-refractivity contribution in [3.8, 4) is 5.75 Å². The van der Waals surface area contributed by atoms with Gasteiger partial charge in [-0.1, -0.05) is 17.7 Å². The molecule has 23 heavy (non-hydrogen) atoms. The first-order chi connectivity index (χ1) is 11.2. The Bertz CT molecular complexity index is 655. The van der Waals surface area contributed by atoms with Crippen molar-refractivity contribution in [2.75, 3.05) is 38.2 Å². The Hall–Kier alpha value is -1.23. The van der Waals surface area contributed by atoms with E-state index < -0.39 is 0 Å². The topological polar surface area (TPSA) is 15.7 Å². The standard InChI is InChI=1S/C18H20BrClN2O/c1-23-18-7-2-14(12-17(18)19)13-21-8-10-22(11-9-21)16-5-3-15(20)4-6-16/h2-7,12H,8-11,13H2,1H3. The zero-order valence-electron chi connectivity index (χ0n) is 13.1. The molecule has 1 saturated heterocycles. The molecule has 0 bridgehead atoms. The SMILES string of the molecule is COc1ccc(CN2CCN(c3ccc(Cl)cc3)CC2)cc1Br. The molecule has 0 N–H and O–H groups in total. The van der Waals surface area contributed by atoms with Crippen molar-refractivity contribution in [3.05, 3.63) is 57.5 Å². The molecule has 1 aliphatic rings. The van der Waals surface area contributed by atoms with Gasteiger partial charge in [-0.15, -0.1) is 0 Å². The number of ether oxygens (including phenoxy) is 1. The molecule has 0 aliphatic carbocycles. The lowest BCUT2D eigenvalue weighted by Gasteiger charge is -2.36. The van der Waals surface area contributed by atoms with Gasteiger partial charge in [0.1, 0.15) is 5.75 Å². The summed E-state index contributed by atoms with van der Waals surface area (Å²) in [5.74, 6) is 0.876. The summed E-state index contributed by atoms with van der Waals surface area (Å²) in [5.41, 5.74) is 2.55. The van der Waals surface area contributed by atoms with Crippen molar-refractivity contribution in [1.82, 2.24) is 4.90 Å². The molecule has 5 heteroatoms. The Morgan fingerprint density at radius 2 is 1.74 bits per heavy atom. The fourth-order valence-corrected chi connectivity index (χ4v) is 3.60. The highest BCUT2D eigenvalue weighted by Crippen LogP contribution is 2.26. The van der Waals surface area contributed by atoms with E-state index in [9.17, 15) is 0 Å². The molecule has 0 unspecified atom stereocenters. The number of anilines is 1. The van der Waals surface area contributed by atoms with E-state index in [0.717, 1.165) is 48.0 Å². The number of methoxy groups -OCH3 is 1. The minimum Gasteiger partial charge on any atom is -0.496 e. The Kier molecular flexibility index (Phi) is 5.46. The van der Waals surface area contributed by atoms with Gasteiger partial charge < -0.3 is 9.64 Å². The fraction of sp³-hybridized carbons (Fsp3) is 0.333. The minimum atomic E-state index is 0.789. The van der Waals surface area contributed by atoms with E-state index in [1.807, 2.05) is 18.2 Å². The van der Waals surface area contributed by atoms with Gasteiger partial charge in [-0.2, -0.15) is 0 Å². The summed E-state index contributed by atoms with van der Waals surface area (Å²) in [5, 5.41) is 0.789. The number of rotatable bonds is 4. The number of nitrogens with zero attached hydrogens (tertiary/aromatic N) is 2. The van der Waals surface area contributed by atoms with Crippen LogP contribution in [-0.2, 0) is 6.54 Å². The highest BCUT2D eigenvalue weighted by Gasteiger charge is 2.17. The molecule has 0 spiro atoms. The van der Waals surface area contributed by atoms with Crippen molar-refractivity contribution >= 4 is 33.2 Å². The van der Waals surface area contributed by atoms with Gasteiger partial charge in [0.2, 0.25) is 0 Å². The molecule has 0 atom stereocenters. The van der Waals surface area contributed by atoms with Crippen molar-refractivity contribution in [2.45, 2.75) is 6.54 Å². The number of halogens is 2. The van der Waals surface area contributed by atoms with E-state index in [1.54, 1.807) is 7.11 Å². The van der Waals surface area contributed by atoms with E-state index in [0.29, 0.717) is 0 Å². The van der Waals surface area contributed by atoms with Crippen LogP contribution in [0, 0.1) is 0 Å². The summed E-state index contributed by atoms with van der Waals surface area (Å²) < 4.78 is 6.30. The van der Waals surface area contributed by atoms with Crippen LogP contribution < -0.4 is 9.64 Å². The Morgan fingerprint density at radius 1 is 1.04 bits per heavy atom. The van der Waals surface area contributed by atoms with Gasteiger partial charge in [-0.25, -0.2) is 0 Å². The summed E-state index contributed by atoms with van der Waals surface area (Å²) in [6.45, 7) is 5.17. The predicted molar refractivity (Wildman–Crippen MR) is 99.6 cm³/mol. The molecular weight excluding hydrogens is 376 g/mol. The van der Waals surface area contributed by atoms with Gasteiger partial charge in [-0.3, -0.25) is 4.90 Å². The number of hydrogen-bond donors (Lipinski definition) is 0. The van der Waals surface area contributed by atoms with Crippen LogP contribution in [0.5, 0.6) is 5.75 Å². The molecule has 3 nitrogen and oxygen atoms in total. The summed E-state index contributed by atoms with van der Waals surface area (Å²) in [7, 11) is 1.69. The molecule has 0 amide bonds. The molecule has 0 saturated carbocycles. The fourth-order valence-electron chi connectivity index (χ4n) is 2.88. The molecule has 1 aliphatic heterocycles. The molecule has 3 rings (SSSR count). The monoisotopic (exact) mass is 394 g/mol. The molecular formula is C18H20BrClN2O. The Labute approximate surface area is 150 Å². The van der Waals surface area contributed by atoms with Crippen molar-refractivity contribution < 1.29 is 4.74 Å².